The van der Waals surface area contributed by atoms with Crippen molar-refractivity contribution in [3.8, 4) is 23.0 Å². The highest BCUT2D eigenvalue weighted by molar-refractivity contribution is 5.55. The lowest BCUT2D eigenvalue weighted by atomic mass is 9.59. The Kier molecular flexibility index (Phi) is 10.4. The van der Waals surface area contributed by atoms with Gasteiger partial charge in [0.2, 0.25) is 0 Å². The zero-order valence-corrected chi connectivity index (χ0v) is 29.9. The molecular formula is C44H56N2O2. The number of unbranched alkanes of at least 4 members (excludes halogenated alkanes) is 1. The van der Waals surface area contributed by atoms with E-state index in [1.54, 1.807) is 0 Å². The molecule has 0 atom stereocenters. The number of aryl methyl sites for hydroxylation is 4. The molecule has 4 aromatic carbocycles. The first kappa shape index (κ1) is 34.0. The maximum atomic E-state index is 6.44. The average molecular weight is 645 g/mol. The molecule has 4 heteroatoms. The van der Waals surface area contributed by atoms with Crippen LogP contribution in [-0.2, 0) is 5.41 Å². The molecule has 2 aliphatic rings. The highest BCUT2D eigenvalue weighted by Crippen LogP contribution is 2.52. The molecule has 0 aromatic heterocycles. The van der Waals surface area contributed by atoms with E-state index in [4.69, 9.17) is 20.9 Å². The Hall–Kier alpha value is -3.92. The Labute approximate surface area is 289 Å². The predicted octanol–water partition coefficient (Wildman–Crippen LogP) is 12.1. The molecule has 4 N–H and O–H groups in total. The SMILES string of the molecule is CCCCC1CCC(C2CCC(c3cc(C)c(Oc4ccc(N)cc4)c(C)c3)(c3cc(C)c(Oc4ccc(N)cc4)c(C)c3)CC2)CC1. The summed E-state index contributed by atoms with van der Waals surface area (Å²) in [7, 11) is 0. The van der Waals surface area contributed by atoms with Gasteiger partial charge in [0.1, 0.15) is 23.0 Å². The zero-order chi connectivity index (χ0) is 33.8. The fourth-order valence-electron chi connectivity index (χ4n) is 8.87. The van der Waals surface area contributed by atoms with E-state index in [2.05, 4.69) is 58.9 Å². The van der Waals surface area contributed by atoms with E-state index in [1.165, 1.54) is 104 Å². The molecule has 0 heterocycles. The van der Waals surface area contributed by atoms with Crippen molar-refractivity contribution in [3.63, 3.8) is 0 Å². The van der Waals surface area contributed by atoms with E-state index in [1.807, 2.05) is 48.5 Å². The van der Waals surface area contributed by atoms with Gasteiger partial charge in [0.05, 0.1) is 0 Å². The topological polar surface area (TPSA) is 70.5 Å². The van der Waals surface area contributed by atoms with E-state index >= 15 is 0 Å². The van der Waals surface area contributed by atoms with Crippen LogP contribution in [0.5, 0.6) is 23.0 Å². The standard InChI is InChI=1S/C44H56N2O2/c1-6-7-8-33-9-11-34(12-10-33)35-21-23-44(24-22-35,36-25-29(2)42(30(3)26-36)47-40-17-13-38(45)14-18-40)37-27-31(4)43(32(5)28-37)48-41-19-15-39(46)16-20-41/h13-20,25-28,33-35H,6-12,21-24,45-46H2,1-5H3. The molecule has 0 aliphatic heterocycles. The van der Waals surface area contributed by atoms with Crippen molar-refractivity contribution in [2.45, 2.75) is 111 Å². The minimum atomic E-state index is -0.0562. The second-order valence-electron chi connectivity index (χ2n) is 15.1. The molecule has 2 fully saturated rings. The average Bonchev–Trinajstić information content (AvgIpc) is 3.09. The Bertz CT molecular complexity index is 1520. The fourth-order valence-corrected chi connectivity index (χ4v) is 8.87. The van der Waals surface area contributed by atoms with Crippen molar-refractivity contribution in [2.24, 2.45) is 17.8 Å². The molecule has 0 saturated heterocycles. The van der Waals surface area contributed by atoms with Crippen LogP contribution in [0.2, 0.25) is 0 Å². The lowest BCUT2D eigenvalue weighted by Crippen LogP contribution is -2.36. The summed E-state index contributed by atoms with van der Waals surface area (Å²) in [6.07, 6.45) is 14.8. The molecule has 6 rings (SSSR count). The number of anilines is 2. The molecular weight excluding hydrogens is 588 g/mol. The minimum Gasteiger partial charge on any atom is -0.457 e. The minimum absolute atomic E-state index is 0.0562. The van der Waals surface area contributed by atoms with E-state index in [0.29, 0.717) is 0 Å². The molecule has 254 valence electrons. The van der Waals surface area contributed by atoms with Crippen molar-refractivity contribution < 1.29 is 9.47 Å². The van der Waals surface area contributed by atoms with Crippen LogP contribution in [-0.4, -0.2) is 0 Å². The number of nitrogens with two attached hydrogens (primary N) is 2. The first-order valence-electron chi connectivity index (χ1n) is 18.5. The fraction of sp³-hybridized carbons (Fsp3) is 0.455. The van der Waals surface area contributed by atoms with Crippen LogP contribution in [0.3, 0.4) is 0 Å². The summed E-state index contributed by atoms with van der Waals surface area (Å²) < 4.78 is 12.9. The first-order chi connectivity index (χ1) is 23.1. The molecule has 4 nitrogen and oxygen atoms in total. The van der Waals surface area contributed by atoms with Crippen LogP contribution < -0.4 is 20.9 Å². The lowest BCUT2D eigenvalue weighted by molar-refractivity contribution is 0.140. The van der Waals surface area contributed by atoms with Gasteiger partial charge in [-0.25, -0.2) is 0 Å². The summed E-state index contributed by atoms with van der Waals surface area (Å²) in [5, 5.41) is 0. The molecule has 0 radical (unpaired) electrons. The number of rotatable bonds is 10. The van der Waals surface area contributed by atoms with Crippen LogP contribution in [0.15, 0.2) is 72.8 Å². The van der Waals surface area contributed by atoms with Crippen molar-refractivity contribution in [3.05, 3.63) is 106 Å². The largest absolute Gasteiger partial charge is 0.457 e. The van der Waals surface area contributed by atoms with Crippen LogP contribution in [0.4, 0.5) is 11.4 Å². The highest BCUT2D eigenvalue weighted by Gasteiger charge is 2.42. The first-order valence-corrected chi connectivity index (χ1v) is 18.5. The molecule has 0 bridgehead atoms. The third-order valence-electron chi connectivity index (χ3n) is 11.6. The van der Waals surface area contributed by atoms with Crippen LogP contribution in [0, 0.1) is 45.4 Å². The van der Waals surface area contributed by atoms with Gasteiger partial charge in [-0.1, -0.05) is 63.3 Å². The molecule has 4 aromatic rings. The summed E-state index contributed by atoms with van der Waals surface area (Å²) in [5.41, 5.74) is 20.8. The molecule has 0 spiro atoms. The zero-order valence-electron chi connectivity index (χ0n) is 29.9. The number of hydrogen-bond acceptors (Lipinski definition) is 4. The van der Waals surface area contributed by atoms with Gasteiger partial charge in [-0.15, -0.1) is 0 Å². The molecule has 2 aliphatic carbocycles. The van der Waals surface area contributed by atoms with E-state index < -0.39 is 0 Å². The van der Waals surface area contributed by atoms with Gasteiger partial charge in [0.15, 0.2) is 0 Å². The summed E-state index contributed by atoms with van der Waals surface area (Å²) in [6, 6.07) is 25.0. The number of hydrogen-bond donors (Lipinski definition) is 2. The van der Waals surface area contributed by atoms with Gasteiger partial charge in [-0.05, 0) is 166 Å². The maximum Gasteiger partial charge on any atom is 0.133 e. The normalized spacial score (nSPS) is 19.6. The predicted molar refractivity (Wildman–Crippen MR) is 201 cm³/mol. The monoisotopic (exact) mass is 644 g/mol. The summed E-state index contributed by atoms with van der Waals surface area (Å²) in [5.74, 6) is 6.17. The van der Waals surface area contributed by atoms with Crippen LogP contribution >= 0.6 is 0 Å². The molecule has 0 unspecified atom stereocenters. The van der Waals surface area contributed by atoms with Crippen molar-refractivity contribution in [1.82, 2.24) is 0 Å². The van der Waals surface area contributed by atoms with Crippen LogP contribution in [0.1, 0.15) is 111 Å². The van der Waals surface area contributed by atoms with E-state index in [9.17, 15) is 0 Å². The van der Waals surface area contributed by atoms with Crippen molar-refractivity contribution in [1.29, 1.82) is 0 Å². The second-order valence-corrected chi connectivity index (χ2v) is 15.1. The Morgan fingerprint density at radius 2 is 0.979 bits per heavy atom. The van der Waals surface area contributed by atoms with E-state index in [-0.39, 0.29) is 5.41 Å². The highest BCUT2D eigenvalue weighted by atomic mass is 16.5. The number of ether oxygens (including phenoxy) is 2. The van der Waals surface area contributed by atoms with Gasteiger partial charge in [0.25, 0.3) is 0 Å². The molecule has 2 saturated carbocycles. The Balaban J connectivity index is 1.31. The number of benzene rings is 4. The van der Waals surface area contributed by atoms with Gasteiger partial charge < -0.3 is 20.9 Å². The third-order valence-corrected chi connectivity index (χ3v) is 11.6. The Morgan fingerprint density at radius 3 is 1.38 bits per heavy atom. The van der Waals surface area contributed by atoms with Gasteiger partial charge in [0, 0.05) is 16.8 Å². The lowest BCUT2D eigenvalue weighted by Gasteiger charge is -2.45. The summed E-state index contributed by atoms with van der Waals surface area (Å²) >= 11 is 0. The van der Waals surface area contributed by atoms with Crippen molar-refractivity contribution in [2.75, 3.05) is 11.5 Å². The van der Waals surface area contributed by atoms with Crippen LogP contribution in [0.25, 0.3) is 0 Å². The van der Waals surface area contributed by atoms with Gasteiger partial charge in [-0.2, -0.15) is 0 Å². The number of nitrogen functional groups attached to an aromatic ring is 2. The molecule has 48 heavy (non-hydrogen) atoms. The summed E-state index contributed by atoms with van der Waals surface area (Å²) in [4.78, 5) is 0. The van der Waals surface area contributed by atoms with Gasteiger partial charge in [-0.3, -0.25) is 0 Å². The summed E-state index contributed by atoms with van der Waals surface area (Å²) in [6.45, 7) is 11.1. The van der Waals surface area contributed by atoms with Crippen molar-refractivity contribution >= 4 is 11.4 Å². The maximum absolute atomic E-state index is 6.44. The second kappa shape index (κ2) is 14.7. The quantitative estimate of drug-likeness (QED) is 0.169. The smallest absolute Gasteiger partial charge is 0.133 e. The van der Waals surface area contributed by atoms with Gasteiger partial charge >= 0.3 is 0 Å². The third kappa shape index (κ3) is 7.38. The Morgan fingerprint density at radius 1 is 0.583 bits per heavy atom. The molecule has 0 amide bonds. The van der Waals surface area contributed by atoms with E-state index in [0.717, 1.165) is 52.1 Å².